The number of likely N-dealkylation sites (N-methyl/N-ethyl adjacent to an activating group) is 1. The van der Waals surface area contributed by atoms with Gasteiger partial charge < -0.3 is 10.6 Å². The maximum absolute atomic E-state index is 11.9. The number of halogens is 1. The summed E-state index contributed by atoms with van der Waals surface area (Å²) in [5.74, 6) is 0.179. The molecule has 0 bridgehead atoms. The number of nitrogens with zero attached hydrogens (tertiary/aromatic N) is 1. The Labute approximate surface area is 110 Å². The van der Waals surface area contributed by atoms with Gasteiger partial charge in [-0.3, -0.25) is 4.79 Å². The van der Waals surface area contributed by atoms with Gasteiger partial charge in [0, 0.05) is 24.0 Å². The molecule has 1 heterocycles. The first-order valence-corrected chi connectivity index (χ1v) is 6.66. The molecule has 17 heavy (non-hydrogen) atoms. The molecule has 1 amide bonds. The van der Waals surface area contributed by atoms with Gasteiger partial charge in [-0.05, 0) is 24.5 Å². The number of benzene rings is 1. The molecule has 1 saturated heterocycles. The van der Waals surface area contributed by atoms with Crippen molar-refractivity contribution in [3.8, 4) is 0 Å². The molecule has 0 aromatic heterocycles. The average molecular weight is 297 g/mol. The number of carbonyl (C=O) groups is 1. The van der Waals surface area contributed by atoms with Crippen LogP contribution in [0.15, 0.2) is 28.7 Å². The normalized spacial score (nSPS) is 25.8. The minimum absolute atomic E-state index is 0.00477. The molecule has 2 atom stereocenters. The number of hydrogen-bond acceptors (Lipinski definition) is 2. The Morgan fingerprint density at radius 1 is 1.41 bits per heavy atom. The van der Waals surface area contributed by atoms with E-state index in [1.54, 1.807) is 4.90 Å². The zero-order chi connectivity index (χ0) is 12.4. The van der Waals surface area contributed by atoms with E-state index in [1.807, 2.05) is 31.3 Å². The third-order valence-electron chi connectivity index (χ3n) is 3.37. The smallest absolute Gasteiger partial charge is 0.222 e. The van der Waals surface area contributed by atoms with Crippen LogP contribution in [-0.4, -0.2) is 23.9 Å². The van der Waals surface area contributed by atoms with E-state index in [4.69, 9.17) is 5.73 Å². The molecule has 0 saturated carbocycles. The standard InChI is InChI=1S/C13H17BrN2O/c1-16-12(17)8-4-7-11(15)13(16)9-5-2-3-6-10(9)14/h2-3,5-6,11,13H,4,7-8,15H2,1H3. The van der Waals surface area contributed by atoms with Crippen molar-refractivity contribution in [2.24, 2.45) is 5.73 Å². The minimum Gasteiger partial charge on any atom is -0.337 e. The van der Waals surface area contributed by atoms with E-state index in [1.165, 1.54) is 0 Å². The second-order valence-electron chi connectivity index (χ2n) is 4.53. The quantitative estimate of drug-likeness (QED) is 0.865. The Balaban J connectivity index is 2.39. The lowest BCUT2D eigenvalue weighted by molar-refractivity contribution is -0.131. The molecule has 1 fully saturated rings. The first-order chi connectivity index (χ1) is 8.11. The lowest BCUT2D eigenvalue weighted by atomic mass is 9.97. The van der Waals surface area contributed by atoms with Crippen molar-refractivity contribution in [3.63, 3.8) is 0 Å². The fourth-order valence-corrected chi connectivity index (χ4v) is 2.94. The molecule has 1 aromatic carbocycles. The third kappa shape index (κ3) is 2.53. The molecule has 0 spiro atoms. The van der Waals surface area contributed by atoms with Crippen LogP contribution in [0, 0.1) is 0 Å². The highest BCUT2D eigenvalue weighted by molar-refractivity contribution is 9.10. The Bertz CT molecular complexity index is 422. The second kappa shape index (κ2) is 5.19. The van der Waals surface area contributed by atoms with Crippen LogP contribution < -0.4 is 5.73 Å². The summed E-state index contributed by atoms with van der Waals surface area (Å²) in [5.41, 5.74) is 7.31. The highest BCUT2D eigenvalue weighted by atomic mass is 79.9. The van der Waals surface area contributed by atoms with Crippen LogP contribution in [-0.2, 0) is 4.79 Å². The molecule has 4 heteroatoms. The lowest BCUT2D eigenvalue weighted by Gasteiger charge is -2.31. The van der Waals surface area contributed by atoms with Gasteiger partial charge in [-0.2, -0.15) is 0 Å². The Morgan fingerprint density at radius 2 is 2.12 bits per heavy atom. The highest BCUT2D eigenvalue weighted by Crippen LogP contribution is 2.32. The van der Waals surface area contributed by atoms with E-state index in [9.17, 15) is 4.79 Å². The number of amides is 1. The summed E-state index contributed by atoms with van der Waals surface area (Å²) in [6.07, 6.45) is 2.37. The first-order valence-electron chi connectivity index (χ1n) is 5.87. The monoisotopic (exact) mass is 296 g/mol. The Kier molecular flexibility index (Phi) is 3.84. The molecule has 92 valence electrons. The Morgan fingerprint density at radius 3 is 2.82 bits per heavy atom. The Hall–Kier alpha value is -0.870. The molecule has 2 rings (SSSR count). The number of hydrogen-bond donors (Lipinski definition) is 1. The van der Waals surface area contributed by atoms with E-state index in [0.717, 1.165) is 22.9 Å². The SMILES string of the molecule is CN1C(=O)CCCC(N)C1c1ccccc1Br. The molecule has 2 N–H and O–H groups in total. The molecule has 0 radical (unpaired) electrons. The third-order valence-corrected chi connectivity index (χ3v) is 4.09. The van der Waals surface area contributed by atoms with E-state index in [2.05, 4.69) is 15.9 Å². The maximum atomic E-state index is 11.9. The van der Waals surface area contributed by atoms with Crippen molar-refractivity contribution in [2.75, 3.05) is 7.05 Å². The molecule has 1 aliphatic rings. The van der Waals surface area contributed by atoms with Crippen molar-refractivity contribution in [1.29, 1.82) is 0 Å². The summed E-state index contributed by atoms with van der Waals surface area (Å²) in [5, 5.41) is 0. The maximum Gasteiger partial charge on any atom is 0.222 e. The number of nitrogens with two attached hydrogens (primary N) is 1. The van der Waals surface area contributed by atoms with Gasteiger partial charge in [0.1, 0.15) is 0 Å². The summed E-state index contributed by atoms with van der Waals surface area (Å²) in [7, 11) is 1.84. The summed E-state index contributed by atoms with van der Waals surface area (Å²) in [6.45, 7) is 0. The van der Waals surface area contributed by atoms with Crippen LogP contribution >= 0.6 is 15.9 Å². The zero-order valence-corrected chi connectivity index (χ0v) is 11.5. The fourth-order valence-electron chi connectivity index (χ4n) is 2.42. The van der Waals surface area contributed by atoms with E-state index >= 15 is 0 Å². The van der Waals surface area contributed by atoms with Gasteiger partial charge in [-0.25, -0.2) is 0 Å². The van der Waals surface area contributed by atoms with Crippen LogP contribution in [0.4, 0.5) is 0 Å². The number of likely N-dealkylation sites (tertiary alicyclic amines) is 1. The van der Waals surface area contributed by atoms with Gasteiger partial charge in [-0.1, -0.05) is 34.1 Å². The van der Waals surface area contributed by atoms with Crippen LogP contribution in [0.5, 0.6) is 0 Å². The summed E-state index contributed by atoms with van der Waals surface area (Å²) in [6, 6.07) is 7.95. The molecule has 1 aliphatic heterocycles. The van der Waals surface area contributed by atoms with Crippen LogP contribution in [0.2, 0.25) is 0 Å². The summed E-state index contributed by atoms with van der Waals surface area (Å²) < 4.78 is 1.02. The van der Waals surface area contributed by atoms with Gasteiger partial charge in [-0.15, -0.1) is 0 Å². The molecule has 0 aliphatic carbocycles. The largest absolute Gasteiger partial charge is 0.337 e. The lowest BCUT2D eigenvalue weighted by Crippen LogP contribution is -2.39. The molecule has 2 unspecified atom stereocenters. The van der Waals surface area contributed by atoms with Gasteiger partial charge in [0.05, 0.1) is 6.04 Å². The van der Waals surface area contributed by atoms with E-state index in [-0.39, 0.29) is 18.0 Å². The number of carbonyl (C=O) groups excluding carboxylic acids is 1. The topological polar surface area (TPSA) is 46.3 Å². The first kappa shape index (κ1) is 12.6. The van der Waals surface area contributed by atoms with Gasteiger partial charge in [0.25, 0.3) is 0 Å². The molecule has 3 nitrogen and oxygen atoms in total. The highest BCUT2D eigenvalue weighted by Gasteiger charge is 2.31. The van der Waals surface area contributed by atoms with Crippen LogP contribution in [0.25, 0.3) is 0 Å². The minimum atomic E-state index is -0.0272. The van der Waals surface area contributed by atoms with Gasteiger partial charge >= 0.3 is 0 Å². The van der Waals surface area contributed by atoms with Crippen molar-refractivity contribution in [1.82, 2.24) is 4.90 Å². The van der Waals surface area contributed by atoms with Crippen LogP contribution in [0.1, 0.15) is 30.9 Å². The molecular weight excluding hydrogens is 280 g/mol. The predicted molar refractivity (Wildman–Crippen MR) is 71.5 cm³/mol. The summed E-state index contributed by atoms with van der Waals surface area (Å²) in [4.78, 5) is 13.7. The summed E-state index contributed by atoms with van der Waals surface area (Å²) >= 11 is 3.54. The average Bonchev–Trinajstić information content (AvgIpc) is 2.42. The van der Waals surface area contributed by atoms with Crippen molar-refractivity contribution in [2.45, 2.75) is 31.3 Å². The predicted octanol–water partition coefficient (Wildman–Crippen LogP) is 2.46. The van der Waals surface area contributed by atoms with Gasteiger partial charge in [0.2, 0.25) is 5.91 Å². The van der Waals surface area contributed by atoms with Crippen LogP contribution in [0.3, 0.4) is 0 Å². The fraction of sp³-hybridized carbons (Fsp3) is 0.462. The second-order valence-corrected chi connectivity index (χ2v) is 5.38. The molecular formula is C13H17BrN2O. The van der Waals surface area contributed by atoms with E-state index in [0.29, 0.717) is 6.42 Å². The molecule has 1 aromatic rings. The van der Waals surface area contributed by atoms with Crippen molar-refractivity contribution >= 4 is 21.8 Å². The zero-order valence-electron chi connectivity index (χ0n) is 9.90. The van der Waals surface area contributed by atoms with Gasteiger partial charge in [0.15, 0.2) is 0 Å². The number of rotatable bonds is 1. The van der Waals surface area contributed by atoms with Crippen molar-refractivity contribution in [3.05, 3.63) is 34.3 Å². The van der Waals surface area contributed by atoms with E-state index < -0.39 is 0 Å². The van der Waals surface area contributed by atoms with Crippen molar-refractivity contribution < 1.29 is 4.79 Å².